The number of rotatable bonds is 6. The summed E-state index contributed by atoms with van der Waals surface area (Å²) in [5.74, 6) is 0.755. The van der Waals surface area contributed by atoms with E-state index < -0.39 is 0 Å². The van der Waals surface area contributed by atoms with Crippen molar-refractivity contribution in [2.75, 3.05) is 19.6 Å². The van der Waals surface area contributed by atoms with Crippen LogP contribution in [0.3, 0.4) is 0 Å². The molecule has 118 valence electrons. The van der Waals surface area contributed by atoms with Crippen molar-refractivity contribution in [2.24, 2.45) is 5.92 Å². The summed E-state index contributed by atoms with van der Waals surface area (Å²) in [4.78, 5) is 12.6. The van der Waals surface area contributed by atoms with Crippen LogP contribution in [0.15, 0.2) is 24.0 Å². The topological polar surface area (TPSA) is 41.1 Å². The van der Waals surface area contributed by atoms with Crippen LogP contribution >= 0.6 is 11.3 Å². The first-order valence-electron chi connectivity index (χ1n) is 7.94. The van der Waals surface area contributed by atoms with Crippen LogP contribution in [-0.4, -0.2) is 34.5 Å². The van der Waals surface area contributed by atoms with Gasteiger partial charge in [0.15, 0.2) is 0 Å². The van der Waals surface area contributed by atoms with Crippen molar-refractivity contribution in [1.82, 2.24) is 20.2 Å². The Morgan fingerprint density at radius 2 is 2.27 bits per heavy atom. The fourth-order valence-corrected chi connectivity index (χ4v) is 3.82. The SMILES string of the molecule is Cc1ccncc1CN(Cc1scnc1C)CC1CCNC1. The van der Waals surface area contributed by atoms with Crippen molar-refractivity contribution in [3.05, 3.63) is 45.7 Å². The number of pyridine rings is 1. The van der Waals surface area contributed by atoms with Crippen molar-refractivity contribution >= 4 is 11.3 Å². The van der Waals surface area contributed by atoms with Gasteiger partial charge in [-0.25, -0.2) is 4.98 Å². The Labute approximate surface area is 136 Å². The average Bonchev–Trinajstić information content (AvgIpc) is 3.14. The van der Waals surface area contributed by atoms with Crippen molar-refractivity contribution in [3.63, 3.8) is 0 Å². The normalized spacial score (nSPS) is 18.2. The summed E-state index contributed by atoms with van der Waals surface area (Å²) in [6, 6.07) is 2.10. The molecule has 2 aromatic heterocycles. The minimum absolute atomic E-state index is 0.755. The quantitative estimate of drug-likeness (QED) is 0.890. The van der Waals surface area contributed by atoms with E-state index in [-0.39, 0.29) is 0 Å². The van der Waals surface area contributed by atoms with Gasteiger partial charge in [-0.05, 0) is 56.5 Å². The smallest absolute Gasteiger partial charge is 0.0798 e. The maximum absolute atomic E-state index is 4.39. The van der Waals surface area contributed by atoms with Gasteiger partial charge in [0.1, 0.15) is 0 Å². The number of nitrogens with zero attached hydrogens (tertiary/aromatic N) is 3. The lowest BCUT2D eigenvalue weighted by Gasteiger charge is -2.25. The molecule has 1 fully saturated rings. The van der Waals surface area contributed by atoms with Crippen LogP contribution in [0.25, 0.3) is 0 Å². The molecule has 1 unspecified atom stereocenters. The van der Waals surface area contributed by atoms with Gasteiger partial charge >= 0.3 is 0 Å². The summed E-state index contributed by atoms with van der Waals surface area (Å²) >= 11 is 1.77. The minimum Gasteiger partial charge on any atom is -0.316 e. The van der Waals surface area contributed by atoms with E-state index in [9.17, 15) is 0 Å². The highest BCUT2D eigenvalue weighted by Gasteiger charge is 2.20. The van der Waals surface area contributed by atoms with E-state index in [0.717, 1.165) is 38.6 Å². The molecule has 3 rings (SSSR count). The first-order valence-corrected chi connectivity index (χ1v) is 8.82. The van der Waals surface area contributed by atoms with Gasteiger partial charge in [0, 0.05) is 36.9 Å². The maximum Gasteiger partial charge on any atom is 0.0798 e. The average molecular weight is 316 g/mol. The molecule has 4 nitrogen and oxygen atoms in total. The molecule has 0 radical (unpaired) electrons. The second kappa shape index (κ2) is 7.31. The summed E-state index contributed by atoms with van der Waals surface area (Å²) in [5.41, 5.74) is 5.78. The van der Waals surface area contributed by atoms with Gasteiger partial charge in [-0.15, -0.1) is 11.3 Å². The van der Waals surface area contributed by atoms with Crippen molar-refractivity contribution < 1.29 is 0 Å². The van der Waals surface area contributed by atoms with E-state index in [1.54, 1.807) is 11.3 Å². The Balaban J connectivity index is 1.73. The summed E-state index contributed by atoms with van der Waals surface area (Å²) in [6.07, 6.45) is 5.16. The second-order valence-electron chi connectivity index (χ2n) is 6.19. The van der Waals surface area contributed by atoms with Crippen LogP contribution in [0.5, 0.6) is 0 Å². The van der Waals surface area contributed by atoms with E-state index in [1.165, 1.54) is 28.1 Å². The molecule has 22 heavy (non-hydrogen) atoms. The summed E-state index contributed by atoms with van der Waals surface area (Å²) in [6.45, 7) is 9.67. The molecule has 3 heterocycles. The zero-order valence-corrected chi connectivity index (χ0v) is 14.2. The zero-order chi connectivity index (χ0) is 15.4. The predicted molar refractivity (Wildman–Crippen MR) is 90.9 cm³/mol. The van der Waals surface area contributed by atoms with E-state index in [1.807, 2.05) is 17.9 Å². The minimum atomic E-state index is 0.755. The lowest BCUT2D eigenvalue weighted by molar-refractivity contribution is 0.221. The van der Waals surface area contributed by atoms with Crippen LogP contribution < -0.4 is 5.32 Å². The highest BCUT2D eigenvalue weighted by atomic mass is 32.1. The molecule has 0 aliphatic carbocycles. The highest BCUT2D eigenvalue weighted by molar-refractivity contribution is 7.09. The van der Waals surface area contributed by atoms with Crippen molar-refractivity contribution in [2.45, 2.75) is 33.4 Å². The van der Waals surface area contributed by atoms with E-state index in [0.29, 0.717) is 0 Å². The summed E-state index contributed by atoms with van der Waals surface area (Å²) < 4.78 is 0. The van der Waals surface area contributed by atoms with Gasteiger partial charge in [0.2, 0.25) is 0 Å². The Morgan fingerprint density at radius 1 is 1.36 bits per heavy atom. The van der Waals surface area contributed by atoms with Crippen LogP contribution in [0.4, 0.5) is 0 Å². The molecule has 1 aliphatic rings. The molecular formula is C17H24N4S. The third-order valence-corrected chi connectivity index (χ3v) is 5.35. The van der Waals surface area contributed by atoms with Gasteiger partial charge in [0.25, 0.3) is 0 Å². The van der Waals surface area contributed by atoms with E-state index >= 15 is 0 Å². The Morgan fingerprint density at radius 3 is 2.95 bits per heavy atom. The molecule has 0 saturated carbocycles. The highest BCUT2D eigenvalue weighted by Crippen LogP contribution is 2.20. The summed E-state index contributed by atoms with van der Waals surface area (Å²) in [5, 5.41) is 3.47. The lowest BCUT2D eigenvalue weighted by atomic mass is 10.1. The van der Waals surface area contributed by atoms with Gasteiger partial charge in [-0.1, -0.05) is 0 Å². The molecule has 0 aromatic carbocycles. The molecule has 0 spiro atoms. The molecule has 5 heteroatoms. The van der Waals surface area contributed by atoms with Gasteiger partial charge in [-0.2, -0.15) is 0 Å². The van der Waals surface area contributed by atoms with Crippen molar-refractivity contribution in [1.29, 1.82) is 0 Å². The molecule has 1 aliphatic heterocycles. The number of hydrogen-bond acceptors (Lipinski definition) is 5. The fraction of sp³-hybridized carbons (Fsp3) is 0.529. The van der Waals surface area contributed by atoms with E-state index in [4.69, 9.17) is 0 Å². The number of nitrogens with one attached hydrogen (secondary N) is 1. The van der Waals surface area contributed by atoms with E-state index in [2.05, 4.69) is 40.1 Å². The first-order chi connectivity index (χ1) is 10.7. The number of hydrogen-bond donors (Lipinski definition) is 1. The van der Waals surface area contributed by atoms with Crippen molar-refractivity contribution in [3.8, 4) is 0 Å². The molecule has 1 N–H and O–H groups in total. The molecule has 1 saturated heterocycles. The zero-order valence-electron chi connectivity index (χ0n) is 13.4. The number of thiazole rings is 1. The third-order valence-electron chi connectivity index (χ3n) is 4.43. The second-order valence-corrected chi connectivity index (χ2v) is 7.13. The van der Waals surface area contributed by atoms with Gasteiger partial charge < -0.3 is 5.32 Å². The standard InChI is InChI=1S/C17H24N4S/c1-13-3-5-19-8-16(13)10-21(9-15-4-6-18-7-15)11-17-14(2)20-12-22-17/h3,5,8,12,15,18H,4,6-7,9-11H2,1-2H3. The van der Waals surface area contributed by atoms with Gasteiger partial charge in [-0.3, -0.25) is 9.88 Å². The lowest BCUT2D eigenvalue weighted by Crippen LogP contribution is -2.30. The largest absolute Gasteiger partial charge is 0.316 e. The first kappa shape index (κ1) is 15.6. The Hall–Kier alpha value is -1.30. The van der Waals surface area contributed by atoms with Crippen LogP contribution in [0.1, 0.15) is 28.1 Å². The Kier molecular flexibility index (Phi) is 5.18. The monoisotopic (exact) mass is 316 g/mol. The third kappa shape index (κ3) is 3.91. The summed E-state index contributed by atoms with van der Waals surface area (Å²) in [7, 11) is 0. The number of aromatic nitrogens is 2. The molecule has 1 atom stereocenters. The fourth-order valence-electron chi connectivity index (χ4n) is 3.00. The van der Waals surface area contributed by atoms with Gasteiger partial charge in [0.05, 0.1) is 11.2 Å². The molecular weight excluding hydrogens is 292 g/mol. The molecule has 0 bridgehead atoms. The predicted octanol–water partition coefficient (Wildman–Crippen LogP) is 2.77. The van der Waals surface area contributed by atoms with Crippen LogP contribution in [-0.2, 0) is 13.1 Å². The Bertz CT molecular complexity index is 604. The van der Waals surface area contributed by atoms with Crippen LogP contribution in [0, 0.1) is 19.8 Å². The maximum atomic E-state index is 4.39. The molecule has 0 amide bonds. The molecule has 2 aromatic rings. The van der Waals surface area contributed by atoms with Crippen LogP contribution in [0.2, 0.25) is 0 Å². The number of aryl methyl sites for hydroxylation is 2.